The van der Waals surface area contributed by atoms with E-state index in [1.165, 1.54) is 40.9 Å². The number of thiocarbonyl (C=S) groups is 1. The van der Waals surface area contributed by atoms with E-state index in [1.807, 2.05) is 0 Å². The van der Waals surface area contributed by atoms with Gasteiger partial charge in [0.15, 0.2) is 0 Å². The standard InChI is InChI=1S/C13H13FN2O2S2/c1-8-12(18)16(13(19)20-8)7-6-11(17)15-10-4-2-9(14)3-5-10/h2-5,8H,6-7H2,1H3,(H,15,17). The van der Waals surface area contributed by atoms with Crippen LogP contribution < -0.4 is 5.32 Å². The Morgan fingerprint density at radius 1 is 1.45 bits per heavy atom. The first-order chi connectivity index (χ1) is 9.47. The van der Waals surface area contributed by atoms with Crippen molar-refractivity contribution >= 4 is 45.8 Å². The minimum Gasteiger partial charge on any atom is -0.326 e. The molecule has 0 spiro atoms. The molecule has 1 aliphatic heterocycles. The summed E-state index contributed by atoms with van der Waals surface area (Å²) in [5.74, 6) is -0.659. The number of hydrogen-bond acceptors (Lipinski definition) is 4. The highest BCUT2D eigenvalue weighted by atomic mass is 32.2. The second-order valence-corrected chi connectivity index (χ2v) is 6.30. The van der Waals surface area contributed by atoms with Crippen LogP contribution in [0.15, 0.2) is 24.3 Å². The van der Waals surface area contributed by atoms with Crippen molar-refractivity contribution in [3.63, 3.8) is 0 Å². The molecule has 1 unspecified atom stereocenters. The van der Waals surface area contributed by atoms with Gasteiger partial charge in [-0.3, -0.25) is 14.5 Å². The Morgan fingerprint density at radius 3 is 2.65 bits per heavy atom. The summed E-state index contributed by atoms with van der Waals surface area (Å²) in [5.41, 5.74) is 0.523. The van der Waals surface area contributed by atoms with E-state index in [0.29, 0.717) is 10.0 Å². The van der Waals surface area contributed by atoms with Gasteiger partial charge < -0.3 is 5.32 Å². The summed E-state index contributed by atoms with van der Waals surface area (Å²) < 4.78 is 13.2. The van der Waals surface area contributed by atoms with Gasteiger partial charge in [-0.2, -0.15) is 0 Å². The molecule has 1 aliphatic rings. The molecule has 0 aliphatic carbocycles. The van der Waals surface area contributed by atoms with Crippen LogP contribution in [0.5, 0.6) is 0 Å². The molecule has 1 atom stereocenters. The third-order valence-corrected chi connectivity index (χ3v) is 4.29. The third kappa shape index (κ3) is 3.55. The number of halogens is 1. The molecule has 2 rings (SSSR count). The van der Waals surface area contributed by atoms with Crippen molar-refractivity contribution in [2.75, 3.05) is 11.9 Å². The molecule has 1 aromatic rings. The molecule has 0 radical (unpaired) electrons. The van der Waals surface area contributed by atoms with Crippen molar-refractivity contribution in [3.05, 3.63) is 30.1 Å². The first-order valence-corrected chi connectivity index (χ1v) is 7.33. The van der Waals surface area contributed by atoms with E-state index in [1.54, 1.807) is 6.92 Å². The lowest BCUT2D eigenvalue weighted by Gasteiger charge is -2.14. The van der Waals surface area contributed by atoms with Crippen LogP contribution in [0.25, 0.3) is 0 Å². The SMILES string of the molecule is CC1SC(=S)N(CCC(=O)Nc2ccc(F)cc2)C1=O. The Balaban J connectivity index is 1.85. The first kappa shape index (κ1) is 14.9. The zero-order valence-electron chi connectivity index (χ0n) is 10.8. The normalized spacial score (nSPS) is 18.5. The van der Waals surface area contributed by atoms with Gasteiger partial charge in [-0.15, -0.1) is 0 Å². The van der Waals surface area contributed by atoms with E-state index in [0.717, 1.165) is 0 Å². The van der Waals surface area contributed by atoms with Crippen LogP contribution in [0.1, 0.15) is 13.3 Å². The fourth-order valence-electron chi connectivity index (χ4n) is 1.75. The number of anilines is 1. The topological polar surface area (TPSA) is 49.4 Å². The number of benzene rings is 1. The predicted molar refractivity (Wildman–Crippen MR) is 81.0 cm³/mol. The predicted octanol–water partition coefficient (Wildman–Crippen LogP) is 2.40. The zero-order valence-corrected chi connectivity index (χ0v) is 12.4. The van der Waals surface area contributed by atoms with Gasteiger partial charge in [0.05, 0.1) is 5.25 Å². The van der Waals surface area contributed by atoms with Crippen molar-refractivity contribution in [1.82, 2.24) is 4.90 Å². The van der Waals surface area contributed by atoms with Gasteiger partial charge in [-0.05, 0) is 31.2 Å². The molecule has 0 saturated carbocycles. The largest absolute Gasteiger partial charge is 0.326 e. The third-order valence-electron chi connectivity index (χ3n) is 2.80. The van der Waals surface area contributed by atoms with E-state index in [9.17, 15) is 14.0 Å². The van der Waals surface area contributed by atoms with Crippen molar-refractivity contribution in [2.45, 2.75) is 18.6 Å². The maximum atomic E-state index is 12.7. The Labute approximate surface area is 125 Å². The molecule has 1 aromatic carbocycles. The molecular formula is C13H13FN2O2S2. The van der Waals surface area contributed by atoms with Crippen LogP contribution in [0, 0.1) is 5.82 Å². The smallest absolute Gasteiger partial charge is 0.241 e. The van der Waals surface area contributed by atoms with Crippen LogP contribution in [-0.4, -0.2) is 32.8 Å². The highest BCUT2D eigenvalue weighted by Gasteiger charge is 2.33. The number of nitrogens with one attached hydrogen (secondary N) is 1. The van der Waals surface area contributed by atoms with Gasteiger partial charge in [0.25, 0.3) is 0 Å². The summed E-state index contributed by atoms with van der Waals surface area (Å²) in [4.78, 5) is 25.0. The molecule has 1 N–H and O–H groups in total. The zero-order chi connectivity index (χ0) is 14.7. The van der Waals surface area contributed by atoms with Gasteiger partial charge in [0, 0.05) is 18.7 Å². The molecule has 7 heteroatoms. The second kappa shape index (κ2) is 6.32. The van der Waals surface area contributed by atoms with Crippen molar-refractivity contribution in [2.24, 2.45) is 0 Å². The number of carbonyl (C=O) groups is 2. The molecule has 20 heavy (non-hydrogen) atoms. The summed E-state index contributed by atoms with van der Waals surface area (Å²) >= 11 is 6.41. The molecule has 1 heterocycles. The lowest BCUT2D eigenvalue weighted by atomic mass is 10.3. The molecule has 0 bridgehead atoms. The maximum Gasteiger partial charge on any atom is 0.241 e. The molecule has 1 saturated heterocycles. The molecule has 4 nitrogen and oxygen atoms in total. The highest BCUT2D eigenvalue weighted by molar-refractivity contribution is 8.24. The van der Waals surface area contributed by atoms with E-state index in [4.69, 9.17) is 12.2 Å². The first-order valence-electron chi connectivity index (χ1n) is 6.05. The average Bonchev–Trinajstić information content (AvgIpc) is 2.64. The molecular weight excluding hydrogens is 299 g/mol. The van der Waals surface area contributed by atoms with Gasteiger partial charge in [-0.1, -0.05) is 24.0 Å². The Kier molecular flexibility index (Phi) is 4.72. The Hall–Kier alpha value is -1.47. The number of rotatable bonds is 4. The number of thioether (sulfide) groups is 1. The fraction of sp³-hybridized carbons (Fsp3) is 0.308. The minimum absolute atomic E-state index is 0.0606. The van der Waals surface area contributed by atoms with Crippen LogP contribution in [0.3, 0.4) is 0 Å². The summed E-state index contributed by atoms with van der Waals surface area (Å²) in [6.07, 6.45) is 0.149. The quantitative estimate of drug-likeness (QED) is 0.868. The van der Waals surface area contributed by atoms with Crippen molar-refractivity contribution in [3.8, 4) is 0 Å². The molecule has 1 fully saturated rings. The van der Waals surface area contributed by atoms with Crippen LogP contribution in [0.4, 0.5) is 10.1 Å². The van der Waals surface area contributed by atoms with E-state index in [2.05, 4.69) is 5.32 Å². The van der Waals surface area contributed by atoms with E-state index >= 15 is 0 Å². The fourth-order valence-corrected chi connectivity index (χ4v) is 3.20. The van der Waals surface area contributed by atoms with Crippen LogP contribution >= 0.6 is 24.0 Å². The summed E-state index contributed by atoms with van der Waals surface area (Å²) in [6, 6.07) is 5.51. The van der Waals surface area contributed by atoms with Gasteiger partial charge >= 0.3 is 0 Å². The van der Waals surface area contributed by atoms with Gasteiger partial charge in [-0.25, -0.2) is 4.39 Å². The number of hydrogen-bond donors (Lipinski definition) is 1. The summed E-state index contributed by atoms with van der Waals surface area (Å²) in [7, 11) is 0. The van der Waals surface area contributed by atoms with E-state index < -0.39 is 0 Å². The average molecular weight is 312 g/mol. The summed E-state index contributed by atoms with van der Waals surface area (Å²) in [6.45, 7) is 2.06. The lowest BCUT2D eigenvalue weighted by Crippen LogP contribution is -2.33. The second-order valence-electron chi connectivity index (χ2n) is 4.32. The monoisotopic (exact) mass is 312 g/mol. The minimum atomic E-state index is -0.359. The van der Waals surface area contributed by atoms with Crippen molar-refractivity contribution in [1.29, 1.82) is 0 Å². The Bertz CT molecular complexity index is 548. The maximum absolute atomic E-state index is 12.7. The van der Waals surface area contributed by atoms with Gasteiger partial charge in [0.1, 0.15) is 10.1 Å². The van der Waals surface area contributed by atoms with Gasteiger partial charge in [0.2, 0.25) is 11.8 Å². The van der Waals surface area contributed by atoms with Crippen molar-refractivity contribution < 1.29 is 14.0 Å². The summed E-state index contributed by atoms with van der Waals surface area (Å²) in [5, 5.41) is 2.46. The molecule has 0 aromatic heterocycles. The molecule has 2 amide bonds. The van der Waals surface area contributed by atoms with Crippen LogP contribution in [0.2, 0.25) is 0 Å². The highest BCUT2D eigenvalue weighted by Crippen LogP contribution is 2.26. The number of amides is 2. The Morgan fingerprint density at radius 2 is 2.10 bits per heavy atom. The lowest BCUT2D eigenvalue weighted by molar-refractivity contribution is -0.126. The van der Waals surface area contributed by atoms with E-state index in [-0.39, 0.29) is 35.8 Å². The number of carbonyl (C=O) groups excluding carboxylic acids is 2. The number of nitrogens with zero attached hydrogens (tertiary/aromatic N) is 1. The molecule has 106 valence electrons. The van der Waals surface area contributed by atoms with Crippen LogP contribution in [-0.2, 0) is 9.59 Å².